The van der Waals surface area contributed by atoms with E-state index in [1.807, 2.05) is 32.0 Å². The summed E-state index contributed by atoms with van der Waals surface area (Å²) < 4.78 is 6.55. The molecular formula is C14H16BrNO3. The van der Waals surface area contributed by atoms with Gasteiger partial charge in [0.05, 0.1) is 0 Å². The van der Waals surface area contributed by atoms with E-state index in [0.717, 1.165) is 15.4 Å². The number of hydrogen-bond acceptors (Lipinski definition) is 3. The van der Waals surface area contributed by atoms with Gasteiger partial charge in [-0.3, -0.25) is 4.79 Å². The molecule has 0 spiro atoms. The first-order chi connectivity index (χ1) is 9.02. The number of carbonyl (C=O) groups excluding carboxylic acids is 1. The Morgan fingerprint density at radius 3 is 2.95 bits per heavy atom. The van der Waals surface area contributed by atoms with Crippen molar-refractivity contribution in [3.63, 3.8) is 0 Å². The van der Waals surface area contributed by atoms with Crippen LogP contribution >= 0.6 is 15.9 Å². The van der Waals surface area contributed by atoms with Gasteiger partial charge in [0.1, 0.15) is 5.58 Å². The highest BCUT2D eigenvalue weighted by atomic mass is 79.9. The van der Waals surface area contributed by atoms with E-state index in [0.29, 0.717) is 17.8 Å². The topological polar surface area (TPSA) is 62.5 Å². The first-order valence-electron chi connectivity index (χ1n) is 6.13. The van der Waals surface area contributed by atoms with Crippen molar-refractivity contribution < 1.29 is 14.3 Å². The maximum absolute atomic E-state index is 12.1. The second-order valence-electron chi connectivity index (χ2n) is 4.58. The van der Waals surface area contributed by atoms with E-state index < -0.39 is 0 Å². The van der Waals surface area contributed by atoms with Crippen LogP contribution in [0.1, 0.15) is 29.5 Å². The van der Waals surface area contributed by atoms with Crippen LogP contribution in [0.4, 0.5) is 0 Å². The van der Waals surface area contributed by atoms with Crippen molar-refractivity contribution in [1.29, 1.82) is 0 Å². The average molecular weight is 326 g/mol. The van der Waals surface area contributed by atoms with E-state index >= 15 is 0 Å². The fourth-order valence-corrected chi connectivity index (χ4v) is 2.33. The molecule has 5 heteroatoms. The van der Waals surface area contributed by atoms with Crippen LogP contribution in [0, 0.1) is 6.92 Å². The lowest BCUT2D eigenvalue weighted by atomic mass is 10.1. The number of furan rings is 1. The molecule has 1 unspecified atom stereocenters. The maximum atomic E-state index is 12.1. The summed E-state index contributed by atoms with van der Waals surface area (Å²) >= 11 is 3.40. The van der Waals surface area contributed by atoms with Crippen LogP contribution in [0.5, 0.6) is 0 Å². The molecule has 1 amide bonds. The third kappa shape index (κ3) is 2.98. The summed E-state index contributed by atoms with van der Waals surface area (Å²) in [5.41, 5.74) is 1.52. The molecule has 2 aromatic rings. The molecule has 2 rings (SSSR count). The Kier molecular flexibility index (Phi) is 4.27. The van der Waals surface area contributed by atoms with Gasteiger partial charge in [-0.15, -0.1) is 0 Å². The summed E-state index contributed by atoms with van der Waals surface area (Å²) in [7, 11) is 0. The van der Waals surface area contributed by atoms with E-state index in [-0.39, 0.29) is 18.6 Å². The van der Waals surface area contributed by atoms with Gasteiger partial charge in [-0.05, 0) is 38.5 Å². The second-order valence-corrected chi connectivity index (χ2v) is 5.50. The molecule has 0 bridgehead atoms. The summed E-state index contributed by atoms with van der Waals surface area (Å²) in [6, 6.07) is 5.56. The molecule has 1 atom stereocenters. The Balaban J connectivity index is 2.30. The van der Waals surface area contributed by atoms with Gasteiger partial charge < -0.3 is 14.8 Å². The first-order valence-corrected chi connectivity index (χ1v) is 6.92. The summed E-state index contributed by atoms with van der Waals surface area (Å²) in [5, 5.41) is 12.6. The predicted molar refractivity (Wildman–Crippen MR) is 77.3 cm³/mol. The van der Waals surface area contributed by atoms with Gasteiger partial charge in [-0.1, -0.05) is 15.9 Å². The minimum atomic E-state index is -0.245. The van der Waals surface area contributed by atoms with E-state index in [1.54, 1.807) is 0 Å². The molecule has 19 heavy (non-hydrogen) atoms. The number of hydrogen-bond donors (Lipinski definition) is 2. The molecule has 0 aliphatic rings. The zero-order valence-corrected chi connectivity index (χ0v) is 12.5. The Bertz CT molecular complexity index is 606. The number of carbonyl (C=O) groups is 1. The predicted octanol–water partition coefficient (Wildman–Crippen LogP) is 3.00. The minimum absolute atomic E-state index is 0.0491. The van der Waals surface area contributed by atoms with Crippen LogP contribution in [-0.4, -0.2) is 23.7 Å². The monoisotopic (exact) mass is 325 g/mol. The van der Waals surface area contributed by atoms with Gasteiger partial charge in [0, 0.05) is 28.1 Å². The molecule has 0 aliphatic carbocycles. The van der Waals surface area contributed by atoms with E-state index in [4.69, 9.17) is 9.52 Å². The number of amides is 1. The van der Waals surface area contributed by atoms with E-state index in [9.17, 15) is 4.79 Å². The number of aliphatic hydroxyl groups excluding tert-OH is 1. The lowest BCUT2D eigenvalue weighted by molar-refractivity contribution is 0.0907. The van der Waals surface area contributed by atoms with Crippen molar-refractivity contribution in [2.24, 2.45) is 0 Å². The summed E-state index contributed by atoms with van der Waals surface area (Å²) in [6.07, 6.45) is 0.524. The van der Waals surface area contributed by atoms with Gasteiger partial charge in [-0.2, -0.15) is 0 Å². The van der Waals surface area contributed by atoms with Crippen molar-refractivity contribution in [2.75, 3.05) is 6.61 Å². The molecule has 4 nitrogen and oxygen atoms in total. The minimum Gasteiger partial charge on any atom is -0.451 e. The smallest absolute Gasteiger partial charge is 0.287 e. The van der Waals surface area contributed by atoms with Crippen molar-refractivity contribution in [1.82, 2.24) is 5.32 Å². The zero-order chi connectivity index (χ0) is 14.0. The molecule has 0 fully saturated rings. The molecule has 1 heterocycles. The SMILES string of the molecule is Cc1c(C(=O)NC(C)CCO)oc2ccc(Br)cc12. The number of halogens is 1. The van der Waals surface area contributed by atoms with E-state index in [1.165, 1.54) is 0 Å². The lowest BCUT2D eigenvalue weighted by Crippen LogP contribution is -2.33. The van der Waals surface area contributed by atoms with Gasteiger partial charge in [0.2, 0.25) is 0 Å². The maximum Gasteiger partial charge on any atom is 0.287 e. The quantitative estimate of drug-likeness (QED) is 0.908. The second kappa shape index (κ2) is 5.75. The summed E-state index contributed by atoms with van der Waals surface area (Å²) in [5.74, 6) is 0.0867. The first kappa shape index (κ1) is 14.1. The summed E-state index contributed by atoms with van der Waals surface area (Å²) in [6.45, 7) is 3.76. The Hall–Kier alpha value is -1.33. The fraction of sp³-hybridized carbons (Fsp3) is 0.357. The molecule has 0 saturated heterocycles. The highest BCUT2D eigenvalue weighted by molar-refractivity contribution is 9.10. The number of benzene rings is 1. The third-order valence-corrected chi connectivity index (χ3v) is 3.54. The molecule has 0 saturated carbocycles. The van der Waals surface area contributed by atoms with Gasteiger partial charge in [0.15, 0.2) is 5.76 Å². The van der Waals surface area contributed by atoms with Gasteiger partial charge in [-0.25, -0.2) is 0 Å². The summed E-state index contributed by atoms with van der Waals surface area (Å²) in [4.78, 5) is 12.1. The molecule has 102 valence electrons. The number of nitrogens with one attached hydrogen (secondary N) is 1. The number of rotatable bonds is 4. The van der Waals surface area contributed by atoms with Gasteiger partial charge >= 0.3 is 0 Å². The van der Waals surface area contributed by atoms with Crippen LogP contribution in [0.15, 0.2) is 27.1 Å². The van der Waals surface area contributed by atoms with Crippen molar-refractivity contribution in [3.05, 3.63) is 34.0 Å². The largest absolute Gasteiger partial charge is 0.451 e. The Morgan fingerprint density at radius 1 is 1.53 bits per heavy atom. The molecule has 1 aromatic carbocycles. The lowest BCUT2D eigenvalue weighted by Gasteiger charge is -2.11. The fourth-order valence-electron chi connectivity index (χ4n) is 1.96. The highest BCUT2D eigenvalue weighted by Gasteiger charge is 2.19. The standard InChI is InChI=1S/C14H16BrNO3/c1-8(5-6-17)16-14(18)13-9(2)11-7-10(15)3-4-12(11)19-13/h3-4,7-8,17H,5-6H2,1-2H3,(H,16,18). The molecule has 1 aromatic heterocycles. The highest BCUT2D eigenvalue weighted by Crippen LogP contribution is 2.28. The van der Waals surface area contributed by atoms with Crippen molar-refractivity contribution >= 4 is 32.8 Å². The normalized spacial score (nSPS) is 12.6. The number of fused-ring (bicyclic) bond motifs is 1. The van der Waals surface area contributed by atoms with E-state index in [2.05, 4.69) is 21.2 Å². The number of aliphatic hydroxyl groups is 1. The molecule has 0 aliphatic heterocycles. The van der Waals surface area contributed by atoms with Crippen LogP contribution in [-0.2, 0) is 0 Å². The van der Waals surface area contributed by atoms with Crippen LogP contribution in [0.3, 0.4) is 0 Å². The van der Waals surface area contributed by atoms with Crippen LogP contribution in [0.2, 0.25) is 0 Å². The van der Waals surface area contributed by atoms with Crippen LogP contribution in [0.25, 0.3) is 11.0 Å². The molecule has 0 radical (unpaired) electrons. The number of aryl methyl sites for hydroxylation is 1. The van der Waals surface area contributed by atoms with Crippen LogP contribution < -0.4 is 5.32 Å². The zero-order valence-electron chi connectivity index (χ0n) is 10.9. The average Bonchev–Trinajstić information content (AvgIpc) is 2.67. The third-order valence-electron chi connectivity index (χ3n) is 3.04. The van der Waals surface area contributed by atoms with Gasteiger partial charge in [0.25, 0.3) is 5.91 Å². The molecular weight excluding hydrogens is 310 g/mol. The Labute approximate surface area is 119 Å². The Morgan fingerprint density at radius 2 is 2.26 bits per heavy atom. The molecule has 2 N–H and O–H groups in total. The van der Waals surface area contributed by atoms with Crippen molar-refractivity contribution in [2.45, 2.75) is 26.3 Å². The van der Waals surface area contributed by atoms with Crippen molar-refractivity contribution in [3.8, 4) is 0 Å².